The van der Waals surface area contributed by atoms with E-state index in [0.717, 1.165) is 39.1 Å². The Labute approximate surface area is 174 Å². The Hall–Kier alpha value is -2.93. The van der Waals surface area contributed by atoms with Gasteiger partial charge in [-0.2, -0.15) is 0 Å². The molecule has 29 heavy (non-hydrogen) atoms. The number of anilines is 2. The molecule has 0 spiro atoms. The second-order valence-corrected chi connectivity index (χ2v) is 7.95. The van der Waals surface area contributed by atoms with Crippen LogP contribution in [0.25, 0.3) is 21.9 Å². The summed E-state index contributed by atoms with van der Waals surface area (Å²) in [4.78, 5) is 12.3. The molecule has 0 atom stereocenters. The number of benzene rings is 2. The average molecular weight is 405 g/mol. The Morgan fingerprint density at radius 1 is 1.21 bits per heavy atom. The summed E-state index contributed by atoms with van der Waals surface area (Å²) in [6, 6.07) is 13.3. The zero-order chi connectivity index (χ0) is 19.8. The third-order valence-corrected chi connectivity index (χ3v) is 6.10. The molecule has 0 unspecified atom stereocenters. The quantitative estimate of drug-likeness (QED) is 0.384. The number of imidazole rings is 1. The van der Waals surface area contributed by atoms with E-state index in [1.807, 2.05) is 0 Å². The fraction of sp³-hybridized carbons (Fsp3) is 0.318. The number of aryl methyl sites for hydroxylation is 1. The van der Waals surface area contributed by atoms with Crippen LogP contribution in [-0.2, 0) is 13.1 Å². The monoisotopic (exact) mass is 404 g/mol. The van der Waals surface area contributed by atoms with E-state index in [9.17, 15) is 0 Å². The standard InChI is InChI=1S/C22H24N6S/c1-2-28-20-11-18-16(10-19(20)27-22(28)29)21(25-13-24-18)23-12-14-6-3-4-9-17(14)26-15-7-5-8-15/h3-4,6,9-11,13,15,26H,2,5,7-8,12H2,1H3,(H,27,29)(H,23,24,25). The van der Waals surface area contributed by atoms with Crippen molar-refractivity contribution in [3.05, 3.63) is 53.1 Å². The first-order valence-corrected chi connectivity index (χ1v) is 10.6. The van der Waals surface area contributed by atoms with Gasteiger partial charge in [-0.15, -0.1) is 0 Å². The molecule has 4 aromatic rings. The second kappa shape index (κ2) is 7.48. The first kappa shape index (κ1) is 18.1. The van der Waals surface area contributed by atoms with Crippen LogP contribution < -0.4 is 10.6 Å². The predicted molar refractivity (Wildman–Crippen MR) is 121 cm³/mol. The first-order valence-electron chi connectivity index (χ1n) is 10.2. The highest BCUT2D eigenvalue weighted by Crippen LogP contribution is 2.28. The maximum absolute atomic E-state index is 5.45. The number of H-pyrrole nitrogens is 1. The average Bonchev–Trinajstić information content (AvgIpc) is 3.02. The van der Waals surface area contributed by atoms with Crippen LogP contribution in [0.2, 0.25) is 0 Å². The molecule has 0 aliphatic heterocycles. The molecule has 3 N–H and O–H groups in total. The molecule has 148 valence electrons. The van der Waals surface area contributed by atoms with Crippen LogP contribution in [0.1, 0.15) is 31.7 Å². The molecule has 0 bridgehead atoms. The number of fused-ring (bicyclic) bond motifs is 2. The molecular formula is C22H24N6S. The van der Waals surface area contributed by atoms with E-state index >= 15 is 0 Å². The second-order valence-electron chi connectivity index (χ2n) is 7.57. The summed E-state index contributed by atoms with van der Waals surface area (Å²) in [6.07, 6.45) is 5.45. The predicted octanol–water partition coefficient (Wildman–Crippen LogP) is 5.24. The molecule has 6 nitrogen and oxygen atoms in total. The van der Waals surface area contributed by atoms with Crippen molar-refractivity contribution < 1.29 is 0 Å². The fourth-order valence-corrected chi connectivity index (χ4v) is 4.27. The van der Waals surface area contributed by atoms with Gasteiger partial charge in [0.05, 0.1) is 16.6 Å². The summed E-state index contributed by atoms with van der Waals surface area (Å²) in [5.41, 5.74) is 5.43. The van der Waals surface area contributed by atoms with Crippen LogP contribution in [0, 0.1) is 4.77 Å². The van der Waals surface area contributed by atoms with Gasteiger partial charge >= 0.3 is 0 Å². The van der Waals surface area contributed by atoms with Crippen LogP contribution in [0.3, 0.4) is 0 Å². The Bertz CT molecular complexity index is 1240. The highest BCUT2D eigenvalue weighted by atomic mass is 32.1. The highest BCUT2D eigenvalue weighted by molar-refractivity contribution is 7.71. The number of aromatic amines is 1. The molecule has 0 saturated heterocycles. The van der Waals surface area contributed by atoms with Gasteiger partial charge in [-0.05, 0) is 62.2 Å². The minimum atomic E-state index is 0.607. The van der Waals surface area contributed by atoms with Crippen molar-refractivity contribution in [3.8, 4) is 0 Å². The van der Waals surface area contributed by atoms with Crippen molar-refractivity contribution in [2.45, 2.75) is 45.3 Å². The molecule has 1 aliphatic carbocycles. The van der Waals surface area contributed by atoms with Crippen LogP contribution in [0.15, 0.2) is 42.7 Å². The highest BCUT2D eigenvalue weighted by Gasteiger charge is 2.18. The SMILES string of the molecule is CCn1c(=S)[nH]c2cc3c(NCc4ccccc4NC4CCC4)ncnc3cc21. The van der Waals surface area contributed by atoms with Gasteiger partial charge in [0.1, 0.15) is 12.1 Å². The molecule has 2 aromatic heterocycles. The molecule has 2 heterocycles. The fourth-order valence-electron chi connectivity index (χ4n) is 3.93. The number of rotatable bonds is 6. The van der Waals surface area contributed by atoms with Crippen LogP contribution >= 0.6 is 12.2 Å². The van der Waals surface area contributed by atoms with Gasteiger partial charge in [0, 0.05) is 30.2 Å². The zero-order valence-corrected chi connectivity index (χ0v) is 17.2. The van der Waals surface area contributed by atoms with Crippen molar-refractivity contribution in [2.75, 3.05) is 10.6 Å². The van der Waals surface area contributed by atoms with Crippen LogP contribution in [0.4, 0.5) is 11.5 Å². The normalized spacial score (nSPS) is 14.2. The van der Waals surface area contributed by atoms with Gasteiger partial charge in [-0.3, -0.25) is 0 Å². The van der Waals surface area contributed by atoms with Gasteiger partial charge in [-0.1, -0.05) is 18.2 Å². The molecular weight excluding hydrogens is 380 g/mol. The third kappa shape index (κ3) is 3.35. The zero-order valence-electron chi connectivity index (χ0n) is 16.4. The van der Waals surface area contributed by atoms with E-state index in [1.165, 1.54) is 30.5 Å². The summed E-state index contributed by atoms with van der Waals surface area (Å²) in [5, 5.41) is 8.17. The molecule has 0 amide bonds. The number of nitrogens with one attached hydrogen (secondary N) is 3. The van der Waals surface area contributed by atoms with Gasteiger partial charge in [0.25, 0.3) is 0 Å². The largest absolute Gasteiger partial charge is 0.382 e. The van der Waals surface area contributed by atoms with Gasteiger partial charge in [0.15, 0.2) is 4.77 Å². The topological polar surface area (TPSA) is 70.6 Å². The minimum absolute atomic E-state index is 0.607. The van der Waals surface area contributed by atoms with Gasteiger partial charge in [-0.25, -0.2) is 9.97 Å². The first-order chi connectivity index (χ1) is 14.2. The summed E-state index contributed by atoms with van der Waals surface area (Å²) >= 11 is 5.45. The maximum Gasteiger partial charge on any atom is 0.178 e. The lowest BCUT2D eigenvalue weighted by molar-refractivity contribution is 0.445. The van der Waals surface area contributed by atoms with Crippen molar-refractivity contribution in [3.63, 3.8) is 0 Å². The van der Waals surface area contributed by atoms with E-state index in [2.05, 4.69) is 73.5 Å². The number of hydrogen-bond acceptors (Lipinski definition) is 5. The van der Waals surface area contributed by atoms with E-state index in [-0.39, 0.29) is 0 Å². The van der Waals surface area contributed by atoms with Crippen LogP contribution in [-0.4, -0.2) is 25.6 Å². The molecule has 2 aromatic carbocycles. The Balaban J connectivity index is 1.47. The van der Waals surface area contributed by atoms with E-state index in [4.69, 9.17) is 12.2 Å². The smallest absolute Gasteiger partial charge is 0.178 e. The van der Waals surface area contributed by atoms with E-state index < -0.39 is 0 Å². The lowest BCUT2D eigenvalue weighted by Gasteiger charge is -2.28. The molecule has 1 aliphatic rings. The Kier molecular flexibility index (Phi) is 4.67. The number of hydrogen-bond donors (Lipinski definition) is 3. The lowest BCUT2D eigenvalue weighted by Crippen LogP contribution is -2.27. The van der Waals surface area contributed by atoms with Crippen molar-refractivity contribution >= 4 is 45.7 Å². The van der Waals surface area contributed by atoms with E-state index in [1.54, 1.807) is 6.33 Å². The molecule has 0 radical (unpaired) electrons. The summed E-state index contributed by atoms with van der Waals surface area (Å²) in [5.74, 6) is 0.832. The molecule has 1 saturated carbocycles. The summed E-state index contributed by atoms with van der Waals surface area (Å²) < 4.78 is 2.82. The van der Waals surface area contributed by atoms with E-state index in [0.29, 0.717) is 12.6 Å². The van der Waals surface area contributed by atoms with Crippen molar-refractivity contribution in [2.24, 2.45) is 0 Å². The summed E-state index contributed by atoms with van der Waals surface area (Å²) in [6.45, 7) is 3.62. The summed E-state index contributed by atoms with van der Waals surface area (Å²) in [7, 11) is 0. The van der Waals surface area contributed by atoms with Gasteiger partial charge < -0.3 is 20.2 Å². The van der Waals surface area contributed by atoms with Gasteiger partial charge in [0.2, 0.25) is 0 Å². The number of aromatic nitrogens is 4. The Morgan fingerprint density at radius 3 is 2.86 bits per heavy atom. The third-order valence-electron chi connectivity index (χ3n) is 5.78. The number of para-hydroxylation sites is 1. The lowest BCUT2D eigenvalue weighted by atomic mass is 9.92. The Morgan fingerprint density at radius 2 is 2.07 bits per heavy atom. The van der Waals surface area contributed by atoms with Crippen LogP contribution in [0.5, 0.6) is 0 Å². The molecule has 7 heteroatoms. The number of nitrogens with zero attached hydrogens (tertiary/aromatic N) is 3. The maximum atomic E-state index is 5.45. The van der Waals surface area contributed by atoms with Crippen molar-refractivity contribution in [1.82, 2.24) is 19.5 Å². The van der Waals surface area contributed by atoms with Crippen molar-refractivity contribution in [1.29, 1.82) is 0 Å². The molecule has 5 rings (SSSR count). The minimum Gasteiger partial charge on any atom is -0.382 e. The molecule has 1 fully saturated rings.